The van der Waals surface area contributed by atoms with Crippen LogP contribution in [0.1, 0.15) is 41.0 Å². The van der Waals surface area contributed by atoms with Crippen molar-refractivity contribution in [1.29, 1.82) is 0 Å². The maximum atomic E-state index is 14.8. The van der Waals surface area contributed by atoms with Crippen molar-refractivity contribution in [2.45, 2.75) is 55.5 Å². The Hall–Kier alpha value is -2.94. The number of carbonyl (C=O) groups is 1. The number of methoxy groups -OCH3 is 1. The standard InChI is InChI=1S/C31H31F4NO3.ClH/c1-38-30(31(33,34)35,24-12-6-3-7-13-24)29(37)39-28-19-23-11-8-14-26(32)25(23)20-27(28)36-17-15-22(16-18-36)21-9-4-2-5-10-21;/h2-14,22,27-28H,15-20H2,1H3;1H/t27-,28-,30?;/m1./s1. The van der Waals surface area contributed by atoms with Gasteiger partial charge in [0.15, 0.2) is 0 Å². The minimum atomic E-state index is -5.07. The number of nitrogens with zero attached hydrogens (tertiary/aromatic N) is 1. The van der Waals surface area contributed by atoms with E-state index in [1.165, 1.54) is 35.9 Å². The molecule has 1 fully saturated rings. The Morgan fingerprint density at radius 2 is 1.50 bits per heavy atom. The number of rotatable bonds is 6. The number of halogens is 5. The van der Waals surface area contributed by atoms with Crippen molar-refractivity contribution >= 4 is 18.4 Å². The highest BCUT2D eigenvalue weighted by Gasteiger charge is 2.64. The Morgan fingerprint density at radius 1 is 0.875 bits per heavy atom. The Balaban J connectivity index is 0.00000370. The molecular weight excluding hydrogens is 546 g/mol. The van der Waals surface area contributed by atoms with Crippen LogP contribution < -0.4 is 0 Å². The minimum absolute atomic E-state index is 0. The van der Waals surface area contributed by atoms with Crippen molar-refractivity contribution in [3.63, 3.8) is 0 Å². The summed E-state index contributed by atoms with van der Waals surface area (Å²) >= 11 is 0. The molecule has 1 heterocycles. The van der Waals surface area contributed by atoms with Gasteiger partial charge >= 0.3 is 12.1 Å². The summed E-state index contributed by atoms with van der Waals surface area (Å²) in [5.41, 5.74) is -1.22. The molecule has 0 radical (unpaired) electrons. The van der Waals surface area contributed by atoms with Crippen LogP contribution in [-0.2, 0) is 32.7 Å². The fourth-order valence-corrected chi connectivity index (χ4v) is 6.10. The summed E-state index contributed by atoms with van der Waals surface area (Å²) in [7, 11) is 0.860. The van der Waals surface area contributed by atoms with Gasteiger partial charge in [-0.1, -0.05) is 72.8 Å². The Labute approximate surface area is 237 Å². The van der Waals surface area contributed by atoms with Crippen molar-refractivity contribution < 1.29 is 31.8 Å². The van der Waals surface area contributed by atoms with E-state index in [1.807, 2.05) is 18.2 Å². The molecule has 0 saturated carbocycles. The van der Waals surface area contributed by atoms with E-state index in [0.29, 0.717) is 30.1 Å². The summed E-state index contributed by atoms with van der Waals surface area (Å²) < 4.78 is 69.1. The zero-order valence-electron chi connectivity index (χ0n) is 22.1. The fourth-order valence-electron chi connectivity index (χ4n) is 6.10. The lowest BCUT2D eigenvalue weighted by Gasteiger charge is -2.44. The molecule has 9 heteroatoms. The SMILES string of the molecule is COC(C(=O)O[C@@H]1Cc2cccc(F)c2C[C@H]1N1CCC(c2ccccc2)CC1)(c1ccccc1)C(F)(F)F.Cl. The van der Waals surface area contributed by atoms with Gasteiger partial charge in [-0.25, -0.2) is 9.18 Å². The molecule has 2 aliphatic rings. The smallest absolute Gasteiger partial charge is 0.432 e. The minimum Gasteiger partial charge on any atom is -0.458 e. The average Bonchev–Trinajstić information content (AvgIpc) is 2.94. The van der Waals surface area contributed by atoms with E-state index in [-0.39, 0.29) is 36.6 Å². The third kappa shape index (κ3) is 5.62. The summed E-state index contributed by atoms with van der Waals surface area (Å²) in [6.45, 7) is 1.32. The van der Waals surface area contributed by atoms with E-state index in [2.05, 4.69) is 17.0 Å². The second kappa shape index (κ2) is 12.3. The Bertz CT molecular complexity index is 1280. The van der Waals surface area contributed by atoms with E-state index < -0.39 is 29.9 Å². The quantitative estimate of drug-likeness (QED) is 0.244. The predicted molar refractivity (Wildman–Crippen MR) is 146 cm³/mol. The molecule has 1 aliphatic heterocycles. The maximum Gasteiger partial charge on any atom is 0.432 e. The maximum absolute atomic E-state index is 14.8. The lowest BCUT2D eigenvalue weighted by Crippen LogP contribution is -2.57. The second-order valence-electron chi connectivity index (χ2n) is 10.3. The first-order chi connectivity index (χ1) is 18.7. The number of ether oxygens (including phenoxy) is 2. The molecule has 214 valence electrons. The van der Waals surface area contributed by atoms with Crippen molar-refractivity contribution in [1.82, 2.24) is 4.90 Å². The monoisotopic (exact) mass is 577 g/mol. The molecule has 0 bridgehead atoms. The van der Waals surface area contributed by atoms with Gasteiger partial charge in [-0.3, -0.25) is 4.90 Å². The molecule has 0 aromatic heterocycles. The highest BCUT2D eigenvalue weighted by molar-refractivity contribution is 5.85. The van der Waals surface area contributed by atoms with Gasteiger partial charge in [-0.15, -0.1) is 12.4 Å². The first-order valence-corrected chi connectivity index (χ1v) is 13.2. The van der Waals surface area contributed by atoms with E-state index >= 15 is 0 Å². The van der Waals surface area contributed by atoms with Gasteiger partial charge in [0.2, 0.25) is 0 Å². The first kappa shape index (κ1) is 30.0. The molecule has 1 saturated heterocycles. The van der Waals surface area contributed by atoms with Crippen LogP contribution in [-0.4, -0.2) is 49.4 Å². The van der Waals surface area contributed by atoms with Crippen LogP contribution >= 0.6 is 12.4 Å². The van der Waals surface area contributed by atoms with Gasteiger partial charge in [0, 0.05) is 19.1 Å². The molecule has 1 unspecified atom stereocenters. The molecule has 0 N–H and O–H groups in total. The van der Waals surface area contributed by atoms with Crippen LogP contribution in [0.3, 0.4) is 0 Å². The molecule has 3 atom stereocenters. The van der Waals surface area contributed by atoms with E-state index in [9.17, 15) is 22.4 Å². The van der Waals surface area contributed by atoms with Crippen LogP contribution in [0.15, 0.2) is 78.9 Å². The molecule has 0 spiro atoms. The van der Waals surface area contributed by atoms with Crippen LogP contribution in [0.5, 0.6) is 0 Å². The highest BCUT2D eigenvalue weighted by atomic mass is 35.5. The third-order valence-corrected chi connectivity index (χ3v) is 8.18. The van der Waals surface area contributed by atoms with Crippen LogP contribution in [0.25, 0.3) is 0 Å². The Kier molecular flexibility index (Phi) is 9.22. The molecule has 3 aromatic carbocycles. The molecule has 4 nitrogen and oxygen atoms in total. The normalized spacial score (nSPS) is 21.5. The number of benzene rings is 3. The lowest BCUT2D eigenvalue weighted by atomic mass is 9.82. The third-order valence-electron chi connectivity index (χ3n) is 8.18. The fraction of sp³-hybridized carbons (Fsp3) is 0.387. The summed E-state index contributed by atoms with van der Waals surface area (Å²) in [5, 5.41) is 0. The summed E-state index contributed by atoms with van der Waals surface area (Å²) in [6, 6.07) is 21.2. The molecule has 3 aromatic rings. The number of carbonyl (C=O) groups excluding carboxylic acids is 1. The number of piperidine rings is 1. The Morgan fingerprint density at radius 3 is 2.10 bits per heavy atom. The molecular formula is C31H32ClF4NO3. The highest BCUT2D eigenvalue weighted by Crippen LogP contribution is 2.44. The number of hydrogen-bond acceptors (Lipinski definition) is 4. The second-order valence-corrected chi connectivity index (χ2v) is 10.3. The number of esters is 1. The molecule has 40 heavy (non-hydrogen) atoms. The first-order valence-electron chi connectivity index (χ1n) is 13.2. The van der Waals surface area contributed by atoms with Gasteiger partial charge in [-0.05, 0) is 61.0 Å². The van der Waals surface area contributed by atoms with E-state index in [1.54, 1.807) is 18.2 Å². The molecule has 1 aliphatic carbocycles. The van der Waals surface area contributed by atoms with Crippen LogP contribution in [0, 0.1) is 5.82 Å². The van der Waals surface area contributed by atoms with Crippen LogP contribution in [0.2, 0.25) is 0 Å². The number of alkyl halides is 3. The van der Waals surface area contributed by atoms with Crippen molar-refractivity contribution in [2.75, 3.05) is 20.2 Å². The van der Waals surface area contributed by atoms with Gasteiger partial charge in [0.25, 0.3) is 5.60 Å². The number of hydrogen-bond donors (Lipinski definition) is 0. The zero-order chi connectivity index (χ0) is 27.6. The summed E-state index contributed by atoms with van der Waals surface area (Å²) in [5.74, 6) is -1.51. The average molecular weight is 578 g/mol. The lowest BCUT2D eigenvalue weighted by molar-refractivity contribution is -0.279. The van der Waals surface area contributed by atoms with Crippen molar-refractivity contribution in [3.05, 3.63) is 107 Å². The van der Waals surface area contributed by atoms with Crippen molar-refractivity contribution in [2.24, 2.45) is 0 Å². The molecule has 5 rings (SSSR count). The van der Waals surface area contributed by atoms with Crippen molar-refractivity contribution in [3.8, 4) is 0 Å². The van der Waals surface area contributed by atoms with Gasteiger partial charge in [-0.2, -0.15) is 13.2 Å². The van der Waals surface area contributed by atoms with Gasteiger partial charge in [0.1, 0.15) is 11.9 Å². The summed E-state index contributed by atoms with van der Waals surface area (Å²) in [4.78, 5) is 15.6. The number of fused-ring (bicyclic) bond motifs is 1. The molecule has 0 amide bonds. The van der Waals surface area contributed by atoms with E-state index in [4.69, 9.17) is 9.47 Å². The zero-order valence-corrected chi connectivity index (χ0v) is 22.9. The summed E-state index contributed by atoms with van der Waals surface area (Å²) in [6.07, 6.45) is -3.91. The number of likely N-dealkylation sites (tertiary alicyclic amines) is 1. The largest absolute Gasteiger partial charge is 0.458 e. The predicted octanol–water partition coefficient (Wildman–Crippen LogP) is 6.61. The van der Waals surface area contributed by atoms with Gasteiger partial charge in [0.05, 0.1) is 6.04 Å². The van der Waals surface area contributed by atoms with Gasteiger partial charge < -0.3 is 9.47 Å². The van der Waals surface area contributed by atoms with Crippen LogP contribution in [0.4, 0.5) is 17.6 Å². The topological polar surface area (TPSA) is 38.8 Å². The van der Waals surface area contributed by atoms with E-state index in [0.717, 1.165) is 20.0 Å².